The molecular formula is C12H15N3. The number of fused-ring (bicyclic) bond motifs is 1. The number of rotatable bonds is 1. The van der Waals surface area contributed by atoms with Crippen molar-refractivity contribution in [3.05, 3.63) is 29.8 Å². The molecule has 0 bridgehead atoms. The number of hydrogen-bond donors (Lipinski definition) is 1. The second kappa shape index (κ2) is 3.42. The molecule has 0 unspecified atom stereocenters. The molecule has 3 heteroatoms. The zero-order chi connectivity index (χ0) is 11.0. The molecule has 78 valence electrons. The maximum Gasteiger partial charge on any atom is 0.128 e. The zero-order valence-corrected chi connectivity index (χ0v) is 9.28. The number of aryl methyl sites for hydroxylation is 1. The molecule has 15 heavy (non-hydrogen) atoms. The van der Waals surface area contributed by atoms with E-state index in [9.17, 15) is 0 Å². The van der Waals surface area contributed by atoms with Gasteiger partial charge in [-0.25, -0.2) is 4.98 Å². The van der Waals surface area contributed by atoms with Gasteiger partial charge in [0.2, 0.25) is 0 Å². The van der Waals surface area contributed by atoms with E-state index in [1.807, 2.05) is 37.2 Å². The lowest BCUT2D eigenvalue weighted by molar-refractivity contribution is 1.08. The first-order valence-electron chi connectivity index (χ1n) is 4.92. The Balaban J connectivity index is 2.73. The van der Waals surface area contributed by atoms with E-state index in [-0.39, 0.29) is 0 Å². The third-order valence-corrected chi connectivity index (χ3v) is 2.48. The van der Waals surface area contributed by atoms with Crippen LogP contribution < -0.4 is 10.6 Å². The fourth-order valence-electron chi connectivity index (χ4n) is 1.62. The van der Waals surface area contributed by atoms with Crippen molar-refractivity contribution in [1.82, 2.24) is 4.98 Å². The van der Waals surface area contributed by atoms with Crippen LogP contribution in [0, 0.1) is 6.92 Å². The van der Waals surface area contributed by atoms with Crippen molar-refractivity contribution in [3.63, 3.8) is 0 Å². The Kier molecular flexibility index (Phi) is 2.23. The first-order valence-corrected chi connectivity index (χ1v) is 4.92. The summed E-state index contributed by atoms with van der Waals surface area (Å²) in [6, 6.07) is 7.89. The van der Waals surface area contributed by atoms with Crippen molar-refractivity contribution in [2.45, 2.75) is 6.92 Å². The SMILES string of the molecule is Cc1cc(N(C)C)nc2ccc(N)cc12. The minimum absolute atomic E-state index is 0.782. The maximum atomic E-state index is 5.75. The maximum absolute atomic E-state index is 5.75. The number of nitrogen functional groups attached to an aromatic ring is 1. The van der Waals surface area contributed by atoms with Crippen LogP contribution in [0.4, 0.5) is 11.5 Å². The highest BCUT2D eigenvalue weighted by Gasteiger charge is 2.04. The predicted octanol–water partition coefficient (Wildman–Crippen LogP) is 2.19. The van der Waals surface area contributed by atoms with E-state index in [1.165, 1.54) is 5.56 Å². The molecule has 0 aliphatic carbocycles. The lowest BCUT2D eigenvalue weighted by atomic mass is 10.1. The summed E-state index contributed by atoms with van der Waals surface area (Å²) in [5.74, 6) is 0.977. The molecule has 0 fully saturated rings. The summed E-state index contributed by atoms with van der Waals surface area (Å²) in [6.07, 6.45) is 0. The molecule has 0 atom stereocenters. The molecule has 0 saturated carbocycles. The van der Waals surface area contributed by atoms with Crippen molar-refractivity contribution >= 4 is 22.4 Å². The summed E-state index contributed by atoms with van der Waals surface area (Å²) in [5, 5.41) is 1.13. The zero-order valence-electron chi connectivity index (χ0n) is 9.28. The minimum atomic E-state index is 0.782. The van der Waals surface area contributed by atoms with E-state index in [2.05, 4.69) is 18.0 Å². The molecule has 1 heterocycles. The van der Waals surface area contributed by atoms with Crippen LogP contribution in [0.1, 0.15) is 5.56 Å². The van der Waals surface area contributed by atoms with Crippen molar-refractivity contribution in [1.29, 1.82) is 0 Å². The number of hydrogen-bond acceptors (Lipinski definition) is 3. The van der Waals surface area contributed by atoms with Gasteiger partial charge in [0.1, 0.15) is 5.82 Å². The molecule has 3 nitrogen and oxygen atoms in total. The number of benzene rings is 1. The molecule has 2 rings (SSSR count). The van der Waals surface area contributed by atoms with Crippen molar-refractivity contribution in [2.75, 3.05) is 24.7 Å². The highest BCUT2D eigenvalue weighted by molar-refractivity contribution is 5.86. The van der Waals surface area contributed by atoms with Gasteiger partial charge in [0.25, 0.3) is 0 Å². The number of nitrogens with zero attached hydrogens (tertiary/aromatic N) is 2. The Morgan fingerprint density at radius 3 is 2.60 bits per heavy atom. The van der Waals surface area contributed by atoms with E-state index in [1.54, 1.807) is 0 Å². The largest absolute Gasteiger partial charge is 0.399 e. The van der Waals surface area contributed by atoms with Gasteiger partial charge in [0, 0.05) is 25.2 Å². The lowest BCUT2D eigenvalue weighted by Gasteiger charge is -2.13. The first-order chi connectivity index (χ1) is 7.08. The molecule has 2 N–H and O–H groups in total. The number of pyridine rings is 1. The highest BCUT2D eigenvalue weighted by atomic mass is 15.1. The van der Waals surface area contributed by atoms with Crippen molar-refractivity contribution in [2.24, 2.45) is 0 Å². The monoisotopic (exact) mass is 201 g/mol. The Morgan fingerprint density at radius 2 is 1.93 bits per heavy atom. The van der Waals surface area contributed by atoms with Gasteiger partial charge in [-0.3, -0.25) is 0 Å². The summed E-state index contributed by atoms with van der Waals surface area (Å²) in [6.45, 7) is 2.08. The van der Waals surface area contributed by atoms with E-state index in [4.69, 9.17) is 5.73 Å². The van der Waals surface area contributed by atoms with Crippen LogP contribution in [-0.4, -0.2) is 19.1 Å². The lowest BCUT2D eigenvalue weighted by Crippen LogP contribution is -2.10. The van der Waals surface area contributed by atoms with Crippen LogP contribution in [0.25, 0.3) is 10.9 Å². The first kappa shape index (κ1) is 9.77. The van der Waals surface area contributed by atoms with Crippen LogP contribution in [0.3, 0.4) is 0 Å². The molecule has 0 radical (unpaired) electrons. The molecular weight excluding hydrogens is 186 g/mol. The Bertz CT molecular complexity index is 503. The van der Waals surface area contributed by atoms with Crippen LogP contribution in [0.5, 0.6) is 0 Å². The van der Waals surface area contributed by atoms with Crippen LogP contribution in [0.2, 0.25) is 0 Å². The van der Waals surface area contributed by atoms with Crippen molar-refractivity contribution < 1.29 is 0 Å². The summed E-state index contributed by atoms with van der Waals surface area (Å²) in [5.41, 5.74) is 8.73. The Labute approximate surface area is 89.5 Å². The van der Waals surface area contributed by atoms with Gasteiger partial charge in [0.15, 0.2) is 0 Å². The summed E-state index contributed by atoms with van der Waals surface area (Å²) >= 11 is 0. The van der Waals surface area contributed by atoms with Crippen LogP contribution >= 0.6 is 0 Å². The Hall–Kier alpha value is -1.77. The van der Waals surface area contributed by atoms with E-state index < -0.39 is 0 Å². The second-order valence-corrected chi connectivity index (χ2v) is 3.97. The number of anilines is 2. The predicted molar refractivity (Wildman–Crippen MR) is 65.2 cm³/mol. The topological polar surface area (TPSA) is 42.2 Å². The quantitative estimate of drug-likeness (QED) is 0.719. The van der Waals surface area contributed by atoms with E-state index in [0.29, 0.717) is 0 Å². The average Bonchev–Trinajstić information content (AvgIpc) is 2.18. The highest BCUT2D eigenvalue weighted by Crippen LogP contribution is 2.23. The molecule has 1 aromatic carbocycles. The van der Waals surface area contributed by atoms with Gasteiger partial charge in [0.05, 0.1) is 5.52 Å². The van der Waals surface area contributed by atoms with Crippen LogP contribution in [-0.2, 0) is 0 Å². The number of aromatic nitrogens is 1. The standard InChI is InChI=1S/C12H15N3/c1-8-6-12(15(2)3)14-11-5-4-9(13)7-10(8)11/h4-7H,13H2,1-3H3. The molecule has 0 spiro atoms. The Morgan fingerprint density at radius 1 is 1.20 bits per heavy atom. The average molecular weight is 201 g/mol. The second-order valence-electron chi connectivity index (χ2n) is 3.97. The summed E-state index contributed by atoms with van der Waals surface area (Å²) < 4.78 is 0. The molecule has 2 aromatic rings. The minimum Gasteiger partial charge on any atom is -0.399 e. The fourth-order valence-corrected chi connectivity index (χ4v) is 1.62. The number of nitrogens with two attached hydrogens (primary N) is 1. The molecule has 0 aliphatic rings. The molecule has 0 amide bonds. The molecule has 1 aromatic heterocycles. The van der Waals surface area contributed by atoms with E-state index >= 15 is 0 Å². The summed E-state index contributed by atoms with van der Waals surface area (Å²) in [7, 11) is 3.98. The normalized spacial score (nSPS) is 10.6. The van der Waals surface area contributed by atoms with Crippen LogP contribution in [0.15, 0.2) is 24.3 Å². The van der Waals surface area contributed by atoms with Gasteiger partial charge in [-0.15, -0.1) is 0 Å². The smallest absolute Gasteiger partial charge is 0.128 e. The third-order valence-electron chi connectivity index (χ3n) is 2.48. The molecule has 0 saturated heterocycles. The summed E-state index contributed by atoms with van der Waals surface area (Å²) in [4.78, 5) is 6.55. The molecule has 0 aliphatic heterocycles. The van der Waals surface area contributed by atoms with E-state index in [0.717, 1.165) is 22.4 Å². The van der Waals surface area contributed by atoms with Gasteiger partial charge in [-0.05, 0) is 36.8 Å². The fraction of sp³-hybridized carbons (Fsp3) is 0.250. The van der Waals surface area contributed by atoms with Gasteiger partial charge < -0.3 is 10.6 Å². The third kappa shape index (κ3) is 1.73. The van der Waals surface area contributed by atoms with Crippen molar-refractivity contribution in [3.8, 4) is 0 Å². The van der Waals surface area contributed by atoms with Gasteiger partial charge in [-0.1, -0.05) is 0 Å². The van der Waals surface area contributed by atoms with Gasteiger partial charge >= 0.3 is 0 Å². The van der Waals surface area contributed by atoms with Gasteiger partial charge in [-0.2, -0.15) is 0 Å².